The van der Waals surface area contributed by atoms with E-state index in [0.29, 0.717) is 43.2 Å². The molecule has 0 spiro atoms. The van der Waals surface area contributed by atoms with E-state index in [2.05, 4.69) is 9.98 Å². The predicted octanol–water partition coefficient (Wildman–Crippen LogP) is 5.70. The number of allylic oxidation sites excluding steroid dienone is 1. The summed E-state index contributed by atoms with van der Waals surface area (Å²) in [6.07, 6.45) is -2.99. The second-order valence-electron chi connectivity index (χ2n) is 10.5. The first-order chi connectivity index (χ1) is 22.9. The Balaban J connectivity index is 1.57. The number of pyridine rings is 1. The summed E-state index contributed by atoms with van der Waals surface area (Å²) in [5.41, 5.74) is 1.37. The summed E-state index contributed by atoms with van der Waals surface area (Å²) >= 11 is 2.14. The molecule has 0 N–H and O–H groups in total. The third kappa shape index (κ3) is 6.88. The van der Waals surface area contributed by atoms with Crippen molar-refractivity contribution in [2.45, 2.75) is 43.8 Å². The molecule has 1 atom stereocenters. The molecule has 3 heterocycles. The molecular formula is C34H29F3N4O5S2. The Morgan fingerprint density at radius 2 is 1.85 bits per heavy atom. The van der Waals surface area contributed by atoms with Gasteiger partial charge in [-0.15, -0.1) is 11.8 Å². The number of esters is 1. The molecule has 1 aliphatic rings. The maximum atomic E-state index is 14.0. The lowest BCUT2D eigenvalue weighted by atomic mass is 9.96. The Kier molecular flexibility index (Phi) is 10.1. The number of halogens is 3. The van der Waals surface area contributed by atoms with E-state index in [1.807, 2.05) is 6.07 Å². The van der Waals surface area contributed by atoms with E-state index in [0.717, 1.165) is 29.2 Å². The number of aryl methyl sites for hydroxylation is 1. The van der Waals surface area contributed by atoms with Gasteiger partial charge in [-0.2, -0.15) is 18.4 Å². The van der Waals surface area contributed by atoms with Crippen LogP contribution in [0.5, 0.6) is 11.5 Å². The zero-order valence-corrected chi connectivity index (χ0v) is 28.1. The summed E-state index contributed by atoms with van der Waals surface area (Å²) in [5.74, 6) is 0.642. The zero-order chi connectivity index (χ0) is 34.7. The highest BCUT2D eigenvalue weighted by atomic mass is 32.2. The maximum absolute atomic E-state index is 14.0. The Labute approximate surface area is 281 Å². The number of benzene rings is 2. The van der Waals surface area contributed by atoms with Crippen LogP contribution in [0.2, 0.25) is 0 Å². The van der Waals surface area contributed by atoms with Gasteiger partial charge in [-0.1, -0.05) is 29.5 Å². The molecule has 0 radical (unpaired) electrons. The average Bonchev–Trinajstić information content (AvgIpc) is 3.36. The molecule has 0 aliphatic carbocycles. The molecule has 0 saturated carbocycles. The summed E-state index contributed by atoms with van der Waals surface area (Å²) < 4.78 is 58.4. The average molecular weight is 695 g/mol. The lowest BCUT2D eigenvalue weighted by Gasteiger charge is -2.24. The van der Waals surface area contributed by atoms with Crippen molar-refractivity contribution in [3.8, 4) is 17.6 Å². The summed E-state index contributed by atoms with van der Waals surface area (Å²) in [7, 11) is 3.01. The molecule has 14 heteroatoms. The standard InChI is InChI=1S/C34H29F3N4O5S2/c1-6-46-32(43)28-19(3)39-33-41(29(28)21-8-10-23(44-4)11-9-21)31(42)26(48-33)15-20-7-12-25(45-5)22(14-20)17-47-30-24(16-38)18(2)13-27(40-30)34(35,36)37/h7-15,29H,6,17H2,1-5H3. The second-order valence-corrected chi connectivity index (χ2v) is 12.5. The number of aromatic nitrogens is 2. The van der Waals surface area contributed by atoms with Gasteiger partial charge in [-0.25, -0.2) is 14.8 Å². The molecule has 9 nitrogen and oxygen atoms in total. The maximum Gasteiger partial charge on any atom is 0.433 e. The second kappa shape index (κ2) is 14.1. The highest BCUT2D eigenvalue weighted by molar-refractivity contribution is 7.98. The summed E-state index contributed by atoms with van der Waals surface area (Å²) in [6.45, 7) is 4.99. The number of nitriles is 1. The largest absolute Gasteiger partial charge is 0.497 e. The van der Waals surface area contributed by atoms with E-state index < -0.39 is 23.9 Å². The van der Waals surface area contributed by atoms with Crippen LogP contribution in [0.15, 0.2) is 74.6 Å². The van der Waals surface area contributed by atoms with E-state index in [1.165, 1.54) is 18.6 Å². The number of rotatable bonds is 9. The molecule has 1 aliphatic heterocycles. The van der Waals surface area contributed by atoms with Crippen molar-refractivity contribution in [1.82, 2.24) is 9.55 Å². The number of thiazole rings is 1. The fourth-order valence-corrected chi connectivity index (χ4v) is 7.30. The van der Waals surface area contributed by atoms with Gasteiger partial charge in [0.05, 0.1) is 48.2 Å². The molecule has 1 unspecified atom stereocenters. The van der Waals surface area contributed by atoms with E-state index in [1.54, 1.807) is 69.5 Å². The Morgan fingerprint density at radius 3 is 2.48 bits per heavy atom. The number of carbonyl (C=O) groups excluding carboxylic acids is 1. The monoisotopic (exact) mass is 694 g/mol. The van der Waals surface area contributed by atoms with Crippen LogP contribution >= 0.6 is 23.1 Å². The normalized spacial score (nSPS) is 14.6. The fraction of sp³-hybridized carbons (Fsp3) is 0.265. The fourth-order valence-electron chi connectivity index (χ4n) is 5.22. The van der Waals surface area contributed by atoms with Crippen LogP contribution in [0.25, 0.3) is 6.08 Å². The van der Waals surface area contributed by atoms with Crippen molar-refractivity contribution < 1.29 is 32.2 Å². The Morgan fingerprint density at radius 1 is 1.12 bits per heavy atom. The number of hydrogen-bond acceptors (Lipinski definition) is 10. The van der Waals surface area contributed by atoms with Gasteiger partial charge in [0, 0.05) is 11.3 Å². The number of nitrogens with zero attached hydrogens (tertiary/aromatic N) is 4. The number of ether oxygens (including phenoxy) is 3. The van der Waals surface area contributed by atoms with Gasteiger partial charge in [0.1, 0.15) is 28.3 Å². The number of hydrogen-bond donors (Lipinski definition) is 0. The van der Waals surface area contributed by atoms with Crippen molar-refractivity contribution in [2.75, 3.05) is 20.8 Å². The first kappa shape index (κ1) is 34.5. The quantitative estimate of drug-likeness (QED) is 0.162. The molecular weight excluding hydrogens is 666 g/mol. The molecule has 4 aromatic rings. The first-order valence-electron chi connectivity index (χ1n) is 14.5. The van der Waals surface area contributed by atoms with E-state index >= 15 is 0 Å². The molecule has 0 saturated heterocycles. The van der Waals surface area contributed by atoms with Crippen LogP contribution < -0.4 is 24.4 Å². The molecule has 0 bridgehead atoms. The third-order valence-corrected chi connectivity index (χ3v) is 9.51. The lowest BCUT2D eigenvalue weighted by molar-refractivity contribution is -0.141. The SMILES string of the molecule is CCOC(=O)C1=C(C)N=c2sc(=Cc3ccc(OC)c(CSc4nc(C(F)(F)F)cc(C)c4C#N)c3)c(=O)n2C1c1ccc(OC)cc1. The van der Waals surface area contributed by atoms with Crippen LogP contribution in [-0.4, -0.2) is 36.3 Å². The smallest absolute Gasteiger partial charge is 0.433 e. The third-order valence-electron chi connectivity index (χ3n) is 7.50. The number of fused-ring (bicyclic) bond motifs is 1. The van der Waals surface area contributed by atoms with Gasteiger partial charge in [0.15, 0.2) is 4.80 Å². The van der Waals surface area contributed by atoms with Crippen LogP contribution in [0.3, 0.4) is 0 Å². The number of alkyl halides is 3. The van der Waals surface area contributed by atoms with Gasteiger partial charge in [-0.3, -0.25) is 9.36 Å². The van der Waals surface area contributed by atoms with E-state index in [4.69, 9.17) is 14.2 Å². The van der Waals surface area contributed by atoms with E-state index in [-0.39, 0.29) is 39.6 Å². The molecule has 48 heavy (non-hydrogen) atoms. The van der Waals surface area contributed by atoms with Gasteiger partial charge in [0.2, 0.25) is 0 Å². The Hall–Kier alpha value is -4.87. The molecule has 0 amide bonds. The minimum absolute atomic E-state index is 0.0445. The van der Waals surface area contributed by atoms with Crippen molar-refractivity contribution in [1.29, 1.82) is 5.26 Å². The van der Waals surface area contributed by atoms with E-state index in [9.17, 15) is 28.0 Å². The lowest BCUT2D eigenvalue weighted by Crippen LogP contribution is -2.39. The van der Waals surface area contributed by atoms with Gasteiger partial charge in [0.25, 0.3) is 5.56 Å². The summed E-state index contributed by atoms with van der Waals surface area (Å²) in [4.78, 5) is 35.9. The molecule has 5 rings (SSSR count). The predicted molar refractivity (Wildman–Crippen MR) is 175 cm³/mol. The molecule has 2 aromatic carbocycles. The molecule has 248 valence electrons. The minimum Gasteiger partial charge on any atom is -0.497 e. The van der Waals surface area contributed by atoms with Crippen LogP contribution in [0.1, 0.15) is 53.4 Å². The van der Waals surface area contributed by atoms with Crippen molar-refractivity contribution in [3.63, 3.8) is 0 Å². The van der Waals surface area contributed by atoms with Crippen LogP contribution in [0.4, 0.5) is 13.2 Å². The summed E-state index contributed by atoms with van der Waals surface area (Å²) in [5, 5.41) is 9.57. The van der Waals surface area contributed by atoms with Crippen molar-refractivity contribution in [3.05, 3.63) is 113 Å². The minimum atomic E-state index is -4.67. The van der Waals surface area contributed by atoms with Crippen molar-refractivity contribution >= 4 is 35.1 Å². The topological polar surface area (TPSA) is 116 Å². The van der Waals surface area contributed by atoms with Gasteiger partial charge in [-0.05, 0) is 73.9 Å². The highest BCUT2D eigenvalue weighted by Crippen LogP contribution is 2.35. The number of thioether (sulfide) groups is 1. The Bertz CT molecular complexity index is 2150. The highest BCUT2D eigenvalue weighted by Gasteiger charge is 2.35. The molecule has 0 fully saturated rings. The molecule has 2 aromatic heterocycles. The summed E-state index contributed by atoms with van der Waals surface area (Å²) in [6, 6.07) is 14.3. The first-order valence-corrected chi connectivity index (χ1v) is 16.3. The number of carbonyl (C=O) groups is 1. The number of methoxy groups -OCH3 is 2. The van der Waals surface area contributed by atoms with Crippen LogP contribution in [-0.2, 0) is 21.5 Å². The van der Waals surface area contributed by atoms with Gasteiger partial charge >= 0.3 is 12.1 Å². The zero-order valence-electron chi connectivity index (χ0n) is 26.5. The van der Waals surface area contributed by atoms with Gasteiger partial charge < -0.3 is 14.2 Å². The van der Waals surface area contributed by atoms with Crippen molar-refractivity contribution in [2.24, 2.45) is 4.99 Å². The van der Waals surface area contributed by atoms with Crippen LogP contribution in [0, 0.1) is 18.3 Å².